The van der Waals surface area contributed by atoms with Gasteiger partial charge in [0.05, 0.1) is 11.6 Å². The number of nitrogens with zero attached hydrogens (tertiary/aromatic N) is 3. The van der Waals surface area contributed by atoms with Crippen molar-refractivity contribution < 1.29 is 14.3 Å². The fourth-order valence-electron chi connectivity index (χ4n) is 2.12. The Bertz CT molecular complexity index is 906. The number of thiazole rings is 1. The van der Waals surface area contributed by atoms with E-state index in [2.05, 4.69) is 20.7 Å². The minimum absolute atomic E-state index is 0.113. The monoisotopic (exact) mass is 379 g/mol. The number of hydrogen-bond acceptors (Lipinski definition) is 6. The first kappa shape index (κ1) is 17.2. The zero-order valence-electron chi connectivity index (χ0n) is 13.2. The molecular weight excluding hydrogens is 366 g/mol. The minimum Gasteiger partial charge on any atom is -0.448 e. The average molecular weight is 380 g/mol. The highest BCUT2D eigenvalue weighted by atomic mass is 35.5. The first-order chi connectivity index (χ1) is 12.1. The summed E-state index contributed by atoms with van der Waals surface area (Å²) in [5.74, 6) is 0.249. The number of amides is 2. The van der Waals surface area contributed by atoms with Gasteiger partial charge in [-0.2, -0.15) is 4.98 Å². The van der Waals surface area contributed by atoms with Crippen LogP contribution in [0.1, 0.15) is 6.92 Å². The van der Waals surface area contributed by atoms with Gasteiger partial charge in [0.25, 0.3) is 5.95 Å². The molecule has 0 aliphatic rings. The largest absolute Gasteiger partial charge is 0.448 e. The maximum Gasteiger partial charge on any atom is 0.414 e. The molecule has 0 radical (unpaired) electrons. The number of ether oxygens (including phenoxy) is 1. The van der Waals surface area contributed by atoms with E-state index < -0.39 is 6.09 Å². The van der Waals surface area contributed by atoms with Crippen LogP contribution >= 0.6 is 22.9 Å². The molecule has 2 N–H and O–H groups in total. The molecule has 10 heteroatoms. The Kier molecular flexibility index (Phi) is 5.15. The Balaban J connectivity index is 1.80. The second-order valence-corrected chi connectivity index (χ2v) is 6.17. The summed E-state index contributed by atoms with van der Waals surface area (Å²) in [7, 11) is 0. The van der Waals surface area contributed by atoms with Gasteiger partial charge in [-0.15, -0.1) is 28.0 Å². The average Bonchev–Trinajstić information content (AvgIpc) is 3.13. The topological polar surface area (TPSA) is 97.6 Å². The van der Waals surface area contributed by atoms with Gasteiger partial charge in [-0.3, -0.25) is 10.1 Å². The van der Waals surface area contributed by atoms with E-state index >= 15 is 0 Å². The molecule has 0 bridgehead atoms. The molecule has 2 amide bonds. The predicted molar refractivity (Wildman–Crippen MR) is 96.3 cm³/mol. The van der Waals surface area contributed by atoms with E-state index in [9.17, 15) is 9.59 Å². The zero-order valence-corrected chi connectivity index (χ0v) is 14.7. The lowest BCUT2D eigenvalue weighted by molar-refractivity contribution is -0.114. The second kappa shape index (κ2) is 7.49. The van der Waals surface area contributed by atoms with E-state index in [0.717, 1.165) is 11.3 Å². The van der Waals surface area contributed by atoms with Crippen molar-refractivity contribution in [2.45, 2.75) is 6.92 Å². The molecule has 0 saturated heterocycles. The summed E-state index contributed by atoms with van der Waals surface area (Å²) >= 11 is 6.86. The zero-order chi connectivity index (χ0) is 17.8. The quantitative estimate of drug-likeness (QED) is 0.663. The molecule has 3 aromatic rings. The predicted octanol–water partition coefficient (Wildman–Crippen LogP) is 3.20. The summed E-state index contributed by atoms with van der Waals surface area (Å²) in [6.07, 6.45) is -0.653. The van der Waals surface area contributed by atoms with Gasteiger partial charge in [0.1, 0.15) is 6.61 Å². The molecule has 0 aliphatic heterocycles. The molecule has 25 heavy (non-hydrogen) atoms. The van der Waals surface area contributed by atoms with Crippen LogP contribution in [-0.2, 0) is 9.53 Å². The number of halogens is 1. The Morgan fingerprint density at radius 2 is 2.04 bits per heavy atom. The Morgan fingerprint density at radius 3 is 2.72 bits per heavy atom. The number of aromatic nitrogens is 3. The number of benzene rings is 1. The van der Waals surface area contributed by atoms with Crippen LogP contribution in [0.25, 0.3) is 16.2 Å². The van der Waals surface area contributed by atoms with Gasteiger partial charge in [-0.25, -0.2) is 9.31 Å². The molecule has 2 heterocycles. The van der Waals surface area contributed by atoms with Crippen molar-refractivity contribution in [2.75, 3.05) is 23.1 Å². The summed E-state index contributed by atoms with van der Waals surface area (Å²) in [6.45, 7) is 1.57. The summed E-state index contributed by atoms with van der Waals surface area (Å²) in [5, 5.41) is 11.4. The highest BCUT2D eigenvalue weighted by molar-refractivity contribution is 7.15. The summed E-state index contributed by atoms with van der Waals surface area (Å²) in [5.41, 5.74) is 2.44. The van der Waals surface area contributed by atoms with Crippen molar-refractivity contribution in [3.8, 4) is 11.3 Å². The van der Waals surface area contributed by atoms with Crippen molar-refractivity contribution in [1.29, 1.82) is 0 Å². The van der Waals surface area contributed by atoms with Crippen LogP contribution in [0.3, 0.4) is 0 Å². The lowest BCUT2D eigenvalue weighted by atomic mass is 10.1. The molecule has 3 rings (SSSR count). The van der Waals surface area contributed by atoms with Gasteiger partial charge >= 0.3 is 6.09 Å². The van der Waals surface area contributed by atoms with Crippen molar-refractivity contribution in [3.05, 3.63) is 29.6 Å². The number of carbonyl (C=O) groups excluding carboxylic acids is 2. The number of fused-ring (bicyclic) bond motifs is 1. The van der Waals surface area contributed by atoms with E-state index in [1.165, 1.54) is 18.3 Å². The molecule has 1 aromatic carbocycles. The maximum atomic E-state index is 11.5. The van der Waals surface area contributed by atoms with Crippen LogP contribution in [-0.4, -0.2) is 39.1 Å². The third-order valence-electron chi connectivity index (χ3n) is 3.11. The molecule has 0 atom stereocenters. The van der Waals surface area contributed by atoms with Crippen molar-refractivity contribution in [1.82, 2.24) is 14.6 Å². The SMILES string of the molecule is CC(=O)Nc1ccc(-c2csc3nc(NC(=O)OCCCl)nn23)cc1. The lowest BCUT2D eigenvalue weighted by Crippen LogP contribution is -2.15. The van der Waals surface area contributed by atoms with Gasteiger partial charge < -0.3 is 10.1 Å². The minimum atomic E-state index is -0.653. The molecule has 2 aromatic heterocycles. The highest BCUT2D eigenvalue weighted by Gasteiger charge is 2.14. The van der Waals surface area contributed by atoms with Crippen LogP contribution in [0.5, 0.6) is 0 Å². The molecule has 0 saturated carbocycles. The third kappa shape index (κ3) is 4.06. The van der Waals surface area contributed by atoms with Gasteiger partial charge in [0, 0.05) is 23.6 Å². The number of hydrogen-bond donors (Lipinski definition) is 2. The molecule has 8 nitrogen and oxygen atoms in total. The van der Waals surface area contributed by atoms with Crippen LogP contribution in [0.2, 0.25) is 0 Å². The smallest absolute Gasteiger partial charge is 0.414 e. The highest BCUT2D eigenvalue weighted by Crippen LogP contribution is 2.27. The lowest BCUT2D eigenvalue weighted by Gasteiger charge is -2.03. The Morgan fingerprint density at radius 1 is 1.28 bits per heavy atom. The van der Waals surface area contributed by atoms with E-state index in [1.807, 2.05) is 17.5 Å². The van der Waals surface area contributed by atoms with Gasteiger partial charge in [0.15, 0.2) is 0 Å². The van der Waals surface area contributed by atoms with E-state index in [4.69, 9.17) is 16.3 Å². The van der Waals surface area contributed by atoms with E-state index in [-0.39, 0.29) is 24.3 Å². The first-order valence-corrected chi connectivity index (χ1v) is 8.70. The summed E-state index contributed by atoms with van der Waals surface area (Å²) in [4.78, 5) is 27.5. The number of alkyl halides is 1. The normalized spacial score (nSPS) is 10.6. The molecule has 130 valence electrons. The fraction of sp³-hybridized carbons (Fsp3) is 0.200. The van der Waals surface area contributed by atoms with Crippen molar-refractivity contribution in [2.24, 2.45) is 0 Å². The standard InChI is InChI=1S/C15H14ClN5O3S/c1-9(22)17-11-4-2-10(3-5-11)12-8-25-14-18-13(20-21(12)14)19-15(23)24-7-6-16/h2-5,8H,6-7H2,1H3,(H,17,22)(H,19,20,23). The van der Waals surface area contributed by atoms with Gasteiger partial charge in [-0.05, 0) is 12.1 Å². The Hall–Kier alpha value is -2.65. The number of rotatable bonds is 5. The Labute approximate surface area is 151 Å². The van der Waals surface area contributed by atoms with Crippen molar-refractivity contribution in [3.63, 3.8) is 0 Å². The molecule has 0 fully saturated rings. The van der Waals surface area contributed by atoms with Crippen LogP contribution < -0.4 is 10.6 Å². The van der Waals surface area contributed by atoms with E-state index in [0.29, 0.717) is 10.6 Å². The molecular formula is C15H14ClN5O3S. The number of carbonyl (C=O) groups is 2. The third-order valence-corrected chi connectivity index (χ3v) is 4.08. The number of nitrogens with one attached hydrogen (secondary N) is 2. The number of anilines is 2. The summed E-state index contributed by atoms with van der Waals surface area (Å²) in [6, 6.07) is 7.35. The van der Waals surface area contributed by atoms with Crippen molar-refractivity contribution >= 4 is 51.5 Å². The second-order valence-electron chi connectivity index (χ2n) is 4.96. The molecule has 0 aliphatic carbocycles. The van der Waals surface area contributed by atoms with Crippen LogP contribution in [0, 0.1) is 0 Å². The van der Waals surface area contributed by atoms with Crippen LogP contribution in [0.4, 0.5) is 16.4 Å². The summed E-state index contributed by atoms with van der Waals surface area (Å²) < 4.78 is 6.46. The van der Waals surface area contributed by atoms with Gasteiger partial charge in [0.2, 0.25) is 10.9 Å². The first-order valence-electron chi connectivity index (χ1n) is 7.29. The maximum absolute atomic E-state index is 11.5. The fourth-order valence-corrected chi connectivity index (χ4v) is 3.03. The molecule has 0 unspecified atom stereocenters. The van der Waals surface area contributed by atoms with Gasteiger partial charge in [-0.1, -0.05) is 12.1 Å². The molecule has 0 spiro atoms. The van der Waals surface area contributed by atoms with Crippen LogP contribution in [0.15, 0.2) is 29.6 Å². The van der Waals surface area contributed by atoms with E-state index in [1.54, 1.807) is 16.6 Å².